The van der Waals surface area contributed by atoms with E-state index in [-0.39, 0.29) is 5.97 Å². The molecule has 0 aliphatic heterocycles. The molecule has 112 valence electrons. The number of aryl methyl sites for hydroxylation is 1. The zero-order chi connectivity index (χ0) is 15.2. The Morgan fingerprint density at radius 2 is 2.14 bits per heavy atom. The number of rotatable bonds is 6. The molecule has 1 aliphatic carbocycles. The van der Waals surface area contributed by atoms with Crippen molar-refractivity contribution in [2.24, 2.45) is 5.92 Å². The van der Waals surface area contributed by atoms with Crippen LogP contribution in [0.25, 0.3) is 0 Å². The molecule has 0 unspecified atom stereocenters. The Kier molecular flexibility index (Phi) is 5.32. The minimum atomic E-state index is -0.276. The second kappa shape index (κ2) is 7.21. The van der Waals surface area contributed by atoms with Crippen LogP contribution in [0.4, 0.5) is 0 Å². The molecule has 21 heavy (non-hydrogen) atoms. The van der Waals surface area contributed by atoms with Crippen molar-refractivity contribution in [3.63, 3.8) is 0 Å². The zero-order valence-corrected chi connectivity index (χ0v) is 12.7. The molecule has 0 N–H and O–H groups in total. The maximum absolute atomic E-state index is 11.7. The number of carbonyl (C=O) groups is 2. The number of esters is 1. The highest BCUT2D eigenvalue weighted by Gasteiger charge is 2.19. The Labute approximate surface area is 126 Å². The van der Waals surface area contributed by atoms with Gasteiger partial charge in [-0.05, 0) is 55.4 Å². The highest BCUT2D eigenvalue weighted by molar-refractivity contribution is 5.97. The molecule has 1 atom stereocenters. The summed E-state index contributed by atoms with van der Waals surface area (Å²) in [5, 5.41) is 0. The van der Waals surface area contributed by atoms with Crippen LogP contribution < -0.4 is 0 Å². The first-order valence-electron chi connectivity index (χ1n) is 7.60. The fraction of sp³-hybridized carbons (Fsp3) is 0.444. The maximum atomic E-state index is 11.7. The van der Waals surface area contributed by atoms with E-state index in [0.717, 1.165) is 30.4 Å². The van der Waals surface area contributed by atoms with Crippen molar-refractivity contribution >= 4 is 11.8 Å². The fourth-order valence-electron chi connectivity index (χ4n) is 2.69. The van der Waals surface area contributed by atoms with Crippen molar-refractivity contribution in [2.45, 2.75) is 39.5 Å². The van der Waals surface area contributed by atoms with Gasteiger partial charge in [0.25, 0.3) is 0 Å². The fourth-order valence-corrected chi connectivity index (χ4v) is 2.69. The van der Waals surface area contributed by atoms with Gasteiger partial charge in [-0.3, -0.25) is 4.79 Å². The molecular formula is C18H22O3. The monoisotopic (exact) mass is 286 g/mol. The van der Waals surface area contributed by atoms with Crippen molar-refractivity contribution in [3.8, 4) is 0 Å². The van der Waals surface area contributed by atoms with E-state index in [2.05, 4.69) is 13.0 Å². The minimum absolute atomic E-state index is 0.276. The van der Waals surface area contributed by atoms with Gasteiger partial charge >= 0.3 is 5.97 Å². The summed E-state index contributed by atoms with van der Waals surface area (Å²) in [5.74, 6) is 0.407. The molecule has 3 heteroatoms. The summed E-state index contributed by atoms with van der Waals surface area (Å²) in [6.07, 6.45) is 5.38. The summed E-state index contributed by atoms with van der Waals surface area (Å²) in [6.45, 7) is 4.26. The standard InChI is InChI=1S/C18H22O3/c1-3-21-18(20)16-9-5-7-14(12-16)6-4-8-15-10-13(2)11-17(15)19/h5,7,9-10,12-13H,3-4,6,8,11H2,1-2H3/t13-/m0/s1. The topological polar surface area (TPSA) is 43.4 Å². The van der Waals surface area contributed by atoms with Crippen molar-refractivity contribution in [2.75, 3.05) is 6.61 Å². The number of Topliss-reactive ketones (excluding diaryl/α,β-unsaturated/α-hetero) is 1. The smallest absolute Gasteiger partial charge is 0.338 e. The van der Waals surface area contributed by atoms with Gasteiger partial charge < -0.3 is 4.74 Å². The maximum Gasteiger partial charge on any atom is 0.338 e. The van der Waals surface area contributed by atoms with Gasteiger partial charge in [0.2, 0.25) is 0 Å². The molecule has 0 aromatic heterocycles. The third-order valence-corrected chi connectivity index (χ3v) is 3.70. The number of allylic oxidation sites excluding steroid dienone is 2. The van der Waals surface area contributed by atoms with Crippen molar-refractivity contribution in [1.29, 1.82) is 0 Å². The quantitative estimate of drug-likeness (QED) is 0.748. The Morgan fingerprint density at radius 3 is 2.81 bits per heavy atom. The summed E-state index contributed by atoms with van der Waals surface area (Å²) >= 11 is 0. The summed E-state index contributed by atoms with van der Waals surface area (Å²) < 4.78 is 5.00. The van der Waals surface area contributed by atoms with Gasteiger partial charge in [0, 0.05) is 6.42 Å². The van der Waals surface area contributed by atoms with Gasteiger partial charge in [-0.2, -0.15) is 0 Å². The third-order valence-electron chi connectivity index (χ3n) is 3.70. The van der Waals surface area contributed by atoms with Gasteiger partial charge in [-0.15, -0.1) is 0 Å². The van der Waals surface area contributed by atoms with Crippen molar-refractivity contribution < 1.29 is 14.3 Å². The van der Waals surface area contributed by atoms with Gasteiger partial charge in [-0.1, -0.05) is 25.1 Å². The molecule has 1 aliphatic rings. The molecule has 0 spiro atoms. The lowest BCUT2D eigenvalue weighted by Gasteiger charge is -2.05. The number of ether oxygens (including phenoxy) is 1. The minimum Gasteiger partial charge on any atom is -0.462 e. The van der Waals surface area contributed by atoms with Crippen LogP contribution in [0.5, 0.6) is 0 Å². The average Bonchev–Trinajstić information content (AvgIpc) is 2.78. The van der Waals surface area contributed by atoms with Crippen LogP contribution in [0.15, 0.2) is 35.9 Å². The Morgan fingerprint density at radius 1 is 1.33 bits per heavy atom. The van der Waals surface area contributed by atoms with Crippen LogP contribution in [-0.2, 0) is 16.0 Å². The largest absolute Gasteiger partial charge is 0.462 e. The molecule has 0 heterocycles. The Bertz CT molecular complexity index is 557. The van der Waals surface area contributed by atoms with Gasteiger partial charge in [0.05, 0.1) is 12.2 Å². The highest BCUT2D eigenvalue weighted by Crippen LogP contribution is 2.24. The van der Waals surface area contributed by atoms with Crippen molar-refractivity contribution in [1.82, 2.24) is 0 Å². The Balaban J connectivity index is 1.89. The molecule has 0 radical (unpaired) electrons. The molecule has 2 rings (SSSR count). The summed E-state index contributed by atoms with van der Waals surface area (Å²) in [4.78, 5) is 23.4. The van der Waals surface area contributed by atoms with Crippen LogP contribution in [0.2, 0.25) is 0 Å². The van der Waals surface area contributed by atoms with Gasteiger partial charge in [0.1, 0.15) is 0 Å². The molecule has 0 bridgehead atoms. The molecule has 1 aromatic rings. The first-order chi connectivity index (χ1) is 10.1. The zero-order valence-electron chi connectivity index (χ0n) is 12.7. The predicted octanol–water partition coefficient (Wildman–Crippen LogP) is 3.72. The summed E-state index contributed by atoms with van der Waals surface area (Å²) in [5.41, 5.74) is 2.68. The van der Waals surface area contributed by atoms with E-state index in [1.165, 1.54) is 0 Å². The van der Waals surface area contributed by atoms with Crippen LogP contribution in [0, 0.1) is 5.92 Å². The molecular weight excluding hydrogens is 264 g/mol. The molecule has 0 fully saturated rings. The number of benzene rings is 1. The van der Waals surface area contributed by atoms with E-state index < -0.39 is 0 Å². The van der Waals surface area contributed by atoms with E-state index in [1.54, 1.807) is 13.0 Å². The number of hydrogen-bond donors (Lipinski definition) is 0. The lowest BCUT2D eigenvalue weighted by Crippen LogP contribution is -2.05. The predicted molar refractivity (Wildman–Crippen MR) is 82.2 cm³/mol. The van der Waals surface area contributed by atoms with E-state index >= 15 is 0 Å². The molecule has 0 amide bonds. The molecule has 1 aromatic carbocycles. The summed E-state index contributed by atoms with van der Waals surface area (Å²) in [6, 6.07) is 7.54. The molecule has 0 saturated carbocycles. The van der Waals surface area contributed by atoms with Crippen LogP contribution >= 0.6 is 0 Å². The average molecular weight is 286 g/mol. The number of ketones is 1. The van der Waals surface area contributed by atoms with Gasteiger partial charge in [0.15, 0.2) is 5.78 Å². The normalized spacial score (nSPS) is 17.7. The van der Waals surface area contributed by atoms with Crippen LogP contribution in [0.1, 0.15) is 49.0 Å². The van der Waals surface area contributed by atoms with Crippen molar-refractivity contribution in [3.05, 3.63) is 47.0 Å². The van der Waals surface area contributed by atoms with E-state index in [0.29, 0.717) is 30.3 Å². The first kappa shape index (κ1) is 15.5. The second-order valence-corrected chi connectivity index (χ2v) is 5.57. The Hall–Kier alpha value is -1.90. The van der Waals surface area contributed by atoms with E-state index in [1.807, 2.05) is 18.2 Å². The number of hydrogen-bond acceptors (Lipinski definition) is 3. The lowest BCUT2D eigenvalue weighted by atomic mass is 10.0. The SMILES string of the molecule is CCOC(=O)c1cccc(CCCC2=C[C@H](C)CC2=O)c1. The van der Waals surface area contributed by atoms with Crippen LogP contribution in [-0.4, -0.2) is 18.4 Å². The lowest BCUT2D eigenvalue weighted by molar-refractivity contribution is -0.115. The van der Waals surface area contributed by atoms with E-state index in [4.69, 9.17) is 4.74 Å². The van der Waals surface area contributed by atoms with Crippen LogP contribution in [0.3, 0.4) is 0 Å². The molecule has 0 saturated heterocycles. The first-order valence-corrected chi connectivity index (χ1v) is 7.60. The van der Waals surface area contributed by atoms with Gasteiger partial charge in [-0.25, -0.2) is 4.79 Å². The molecule has 3 nitrogen and oxygen atoms in total. The second-order valence-electron chi connectivity index (χ2n) is 5.57. The third kappa shape index (κ3) is 4.28. The highest BCUT2D eigenvalue weighted by atomic mass is 16.5. The van der Waals surface area contributed by atoms with E-state index in [9.17, 15) is 9.59 Å². The summed E-state index contributed by atoms with van der Waals surface area (Å²) in [7, 11) is 0. The number of carbonyl (C=O) groups excluding carboxylic acids is 2.